The summed E-state index contributed by atoms with van der Waals surface area (Å²) in [5.74, 6) is 1.09. The normalized spacial score (nSPS) is 12.0. The smallest absolute Gasteiger partial charge is 0.270 e. The van der Waals surface area contributed by atoms with Crippen molar-refractivity contribution in [2.75, 3.05) is 25.6 Å². The van der Waals surface area contributed by atoms with Gasteiger partial charge >= 0.3 is 0 Å². The van der Waals surface area contributed by atoms with Crippen LogP contribution in [0, 0.1) is 6.92 Å². The highest BCUT2D eigenvalue weighted by molar-refractivity contribution is 5.92. The lowest BCUT2D eigenvalue weighted by Crippen LogP contribution is -2.27. The predicted molar refractivity (Wildman–Crippen MR) is 79.0 cm³/mol. The SMILES string of the molecule is CCC(C)Nc1cc(C(=O)NCCCOC)nc(C)n1. The Morgan fingerprint density at radius 2 is 2.20 bits per heavy atom. The second-order valence-electron chi connectivity index (χ2n) is 4.74. The molecule has 6 heteroatoms. The summed E-state index contributed by atoms with van der Waals surface area (Å²) in [5.41, 5.74) is 0.390. The minimum Gasteiger partial charge on any atom is -0.385 e. The van der Waals surface area contributed by atoms with Gasteiger partial charge in [-0.3, -0.25) is 4.79 Å². The minimum absolute atomic E-state index is 0.182. The lowest BCUT2D eigenvalue weighted by molar-refractivity contribution is 0.0943. The largest absolute Gasteiger partial charge is 0.385 e. The Balaban J connectivity index is 2.66. The second-order valence-corrected chi connectivity index (χ2v) is 4.74. The number of hydrogen-bond acceptors (Lipinski definition) is 5. The van der Waals surface area contributed by atoms with Gasteiger partial charge in [-0.15, -0.1) is 0 Å². The molecule has 1 aromatic heterocycles. The van der Waals surface area contributed by atoms with Crippen molar-refractivity contribution < 1.29 is 9.53 Å². The Morgan fingerprint density at radius 3 is 2.85 bits per heavy atom. The van der Waals surface area contributed by atoms with Crippen LogP contribution in [-0.4, -0.2) is 42.2 Å². The maximum Gasteiger partial charge on any atom is 0.270 e. The van der Waals surface area contributed by atoms with Gasteiger partial charge in [0.1, 0.15) is 17.3 Å². The molecule has 112 valence electrons. The topological polar surface area (TPSA) is 76.1 Å². The first-order chi connectivity index (χ1) is 9.56. The van der Waals surface area contributed by atoms with E-state index < -0.39 is 0 Å². The average Bonchev–Trinajstić information content (AvgIpc) is 2.42. The number of rotatable bonds is 8. The number of nitrogens with one attached hydrogen (secondary N) is 2. The Morgan fingerprint density at radius 1 is 1.45 bits per heavy atom. The van der Waals surface area contributed by atoms with Gasteiger partial charge in [0.25, 0.3) is 5.91 Å². The van der Waals surface area contributed by atoms with Crippen LogP contribution in [0.4, 0.5) is 5.82 Å². The third-order valence-electron chi connectivity index (χ3n) is 2.89. The summed E-state index contributed by atoms with van der Waals surface area (Å²) < 4.78 is 4.94. The van der Waals surface area contributed by atoms with Crippen molar-refractivity contribution in [3.8, 4) is 0 Å². The van der Waals surface area contributed by atoms with Gasteiger partial charge in [-0.05, 0) is 26.7 Å². The van der Waals surface area contributed by atoms with Crippen LogP contribution in [0.3, 0.4) is 0 Å². The monoisotopic (exact) mass is 280 g/mol. The highest BCUT2D eigenvalue weighted by Crippen LogP contribution is 2.09. The van der Waals surface area contributed by atoms with Crippen LogP contribution in [0.1, 0.15) is 43.0 Å². The van der Waals surface area contributed by atoms with E-state index in [0.29, 0.717) is 36.5 Å². The molecule has 0 aromatic carbocycles. The first-order valence-electron chi connectivity index (χ1n) is 6.96. The maximum atomic E-state index is 12.0. The molecule has 0 aliphatic heterocycles. The van der Waals surface area contributed by atoms with E-state index in [0.717, 1.165) is 12.8 Å². The van der Waals surface area contributed by atoms with Crippen molar-refractivity contribution in [2.24, 2.45) is 0 Å². The number of methoxy groups -OCH3 is 1. The molecule has 0 spiro atoms. The molecule has 1 rings (SSSR count). The van der Waals surface area contributed by atoms with E-state index in [9.17, 15) is 4.79 Å². The molecule has 2 N–H and O–H groups in total. The molecular weight excluding hydrogens is 256 g/mol. The molecule has 1 amide bonds. The predicted octanol–water partition coefficient (Wildman–Crippen LogP) is 1.76. The van der Waals surface area contributed by atoms with E-state index in [1.165, 1.54) is 0 Å². The molecule has 0 radical (unpaired) electrons. The molecule has 0 saturated heterocycles. The van der Waals surface area contributed by atoms with Crippen molar-refractivity contribution in [3.05, 3.63) is 17.6 Å². The maximum absolute atomic E-state index is 12.0. The van der Waals surface area contributed by atoms with Gasteiger partial charge in [-0.25, -0.2) is 9.97 Å². The first-order valence-corrected chi connectivity index (χ1v) is 6.96. The highest BCUT2D eigenvalue weighted by atomic mass is 16.5. The molecule has 1 aromatic rings. The van der Waals surface area contributed by atoms with Crippen molar-refractivity contribution in [1.82, 2.24) is 15.3 Å². The summed E-state index contributed by atoms with van der Waals surface area (Å²) in [6, 6.07) is 1.99. The van der Waals surface area contributed by atoms with E-state index in [2.05, 4.69) is 34.4 Å². The molecule has 0 aliphatic carbocycles. The van der Waals surface area contributed by atoms with Crippen LogP contribution in [0.5, 0.6) is 0 Å². The quantitative estimate of drug-likeness (QED) is 0.710. The fourth-order valence-corrected chi connectivity index (χ4v) is 1.62. The molecule has 20 heavy (non-hydrogen) atoms. The minimum atomic E-state index is -0.182. The van der Waals surface area contributed by atoms with Crippen LogP contribution in [0.25, 0.3) is 0 Å². The van der Waals surface area contributed by atoms with E-state index in [1.807, 2.05) is 0 Å². The standard InChI is InChI=1S/C14H24N4O2/c1-5-10(2)16-13-9-12(17-11(3)18-13)14(19)15-7-6-8-20-4/h9-10H,5-8H2,1-4H3,(H,15,19)(H,16,17,18). The van der Waals surface area contributed by atoms with Gasteiger partial charge in [0.15, 0.2) is 0 Å². The van der Waals surface area contributed by atoms with Gasteiger partial charge in [-0.1, -0.05) is 6.92 Å². The van der Waals surface area contributed by atoms with Gasteiger partial charge in [-0.2, -0.15) is 0 Å². The number of hydrogen-bond donors (Lipinski definition) is 2. The van der Waals surface area contributed by atoms with Crippen molar-refractivity contribution in [2.45, 2.75) is 39.7 Å². The number of carbonyl (C=O) groups excluding carboxylic acids is 1. The van der Waals surface area contributed by atoms with Crippen molar-refractivity contribution in [3.63, 3.8) is 0 Å². The third kappa shape index (κ3) is 5.52. The van der Waals surface area contributed by atoms with Gasteiger partial charge in [0.05, 0.1) is 0 Å². The molecular formula is C14H24N4O2. The summed E-state index contributed by atoms with van der Waals surface area (Å²) in [7, 11) is 1.64. The molecule has 0 bridgehead atoms. The number of nitrogens with zero attached hydrogens (tertiary/aromatic N) is 2. The fraction of sp³-hybridized carbons (Fsp3) is 0.643. The van der Waals surface area contributed by atoms with Crippen LogP contribution in [0.2, 0.25) is 0 Å². The number of ether oxygens (including phenoxy) is 1. The number of anilines is 1. The summed E-state index contributed by atoms with van der Waals surface area (Å²) in [5, 5.41) is 6.07. The third-order valence-corrected chi connectivity index (χ3v) is 2.89. The zero-order valence-electron chi connectivity index (χ0n) is 12.7. The van der Waals surface area contributed by atoms with Crippen LogP contribution >= 0.6 is 0 Å². The van der Waals surface area contributed by atoms with E-state index >= 15 is 0 Å². The number of aryl methyl sites for hydroxylation is 1. The summed E-state index contributed by atoms with van der Waals surface area (Å²) in [6.45, 7) is 7.15. The van der Waals surface area contributed by atoms with Gasteiger partial charge in [0.2, 0.25) is 0 Å². The molecule has 6 nitrogen and oxygen atoms in total. The highest BCUT2D eigenvalue weighted by Gasteiger charge is 2.10. The van der Waals surface area contributed by atoms with E-state index in [1.54, 1.807) is 20.1 Å². The van der Waals surface area contributed by atoms with Gasteiger partial charge < -0.3 is 15.4 Å². The summed E-state index contributed by atoms with van der Waals surface area (Å²) in [4.78, 5) is 20.5. The Labute approximate surface area is 120 Å². The second kappa shape index (κ2) is 8.47. The van der Waals surface area contributed by atoms with Crippen LogP contribution in [0.15, 0.2) is 6.07 Å². The van der Waals surface area contributed by atoms with E-state index in [4.69, 9.17) is 4.74 Å². The molecule has 1 heterocycles. The van der Waals surface area contributed by atoms with Crippen molar-refractivity contribution in [1.29, 1.82) is 0 Å². The fourth-order valence-electron chi connectivity index (χ4n) is 1.62. The molecule has 0 saturated carbocycles. The lowest BCUT2D eigenvalue weighted by Gasteiger charge is -2.13. The Hall–Kier alpha value is -1.69. The summed E-state index contributed by atoms with van der Waals surface area (Å²) >= 11 is 0. The molecule has 0 aliphatic rings. The number of aromatic nitrogens is 2. The zero-order chi connectivity index (χ0) is 15.0. The summed E-state index contributed by atoms with van der Waals surface area (Å²) in [6.07, 6.45) is 1.77. The van der Waals surface area contributed by atoms with Crippen LogP contribution in [-0.2, 0) is 4.74 Å². The van der Waals surface area contributed by atoms with Crippen LogP contribution < -0.4 is 10.6 Å². The number of amides is 1. The zero-order valence-corrected chi connectivity index (χ0v) is 12.7. The Kier molecular flexibility index (Phi) is 6.93. The lowest BCUT2D eigenvalue weighted by atomic mass is 10.2. The average molecular weight is 280 g/mol. The molecule has 1 atom stereocenters. The number of carbonyl (C=O) groups is 1. The molecule has 0 fully saturated rings. The van der Waals surface area contributed by atoms with E-state index in [-0.39, 0.29) is 5.91 Å². The first kappa shape index (κ1) is 16.4. The van der Waals surface area contributed by atoms with Gasteiger partial charge in [0, 0.05) is 32.4 Å². The Bertz CT molecular complexity index is 437. The van der Waals surface area contributed by atoms with Crippen molar-refractivity contribution >= 4 is 11.7 Å². The molecule has 1 unspecified atom stereocenters.